The molecule has 2 heterocycles. The molecule has 0 unspecified atom stereocenters. The van der Waals surface area contributed by atoms with Crippen molar-refractivity contribution in [3.05, 3.63) is 35.0 Å². The Labute approximate surface area is 99.8 Å². The number of aromatic amines is 1. The van der Waals surface area contributed by atoms with E-state index in [0.29, 0.717) is 13.0 Å². The highest BCUT2D eigenvalue weighted by Gasteiger charge is 2.15. The lowest BCUT2D eigenvalue weighted by Crippen LogP contribution is -2.08. The summed E-state index contributed by atoms with van der Waals surface area (Å²) in [6.45, 7) is 1.50. The summed E-state index contributed by atoms with van der Waals surface area (Å²) in [6.07, 6.45) is 3.35. The van der Waals surface area contributed by atoms with Gasteiger partial charge in [-0.1, -0.05) is 6.07 Å². The first-order valence-electron chi connectivity index (χ1n) is 6.02. The predicted molar refractivity (Wildman–Crippen MR) is 66.0 cm³/mol. The molecule has 1 aliphatic rings. The fourth-order valence-electron chi connectivity index (χ4n) is 2.46. The number of fused-ring (bicyclic) bond motifs is 3. The quantitative estimate of drug-likeness (QED) is 0.821. The van der Waals surface area contributed by atoms with Gasteiger partial charge in [-0.25, -0.2) is 0 Å². The number of hydrogen-bond donors (Lipinski definition) is 1. The highest BCUT2D eigenvalue weighted by atomic mass is 16.5. The number of rotatable bonds is 3. The van der Waals surface area contributed by atoms with E-state index < -0.39 is 0 Å². The molecule has 0 spiro atoms. The van der Waals surface area contributed by atoms with Crippen LogP contribution in [0.3, 0.4) is 0 Å². The molecule has 0 atom stereocenters. The standard InChI is InChI=1S/C14H15NO2/c16-6-1-2-10-3-4-13-11(8-10)12-9-17-7-5-14(12)15-13/h3-4,6,8,15H,1-2,5,7,9H2. The van der Waals surface area contributed by atoms with Crippen LogP contribution < -0.4 is 0 Å². The van der Waals surface area contributed by atoms with Crippen LogP contribution in [0.2, 0.25) is 0 Å². The first kappa shape index (κ1) is 10.5. The third-order valence-electron chi connectivity index (χ3n) is 3.35. The van der Waals surface area contributed by atoms with Gasteiger partial charge in [0.2, 0.25) is 0 Å². The molecule has 0 aliphatic carbocycles. The largest absolute Gasteiger partial charge is 0.376 e. The second-order valence-corrected chi connectivity index (χ2v) is 4.47. The lowest BCUT2D eigenvalue weighted by molar-refractivity contribution is -0.107. The average Bonchev–Trinajstić information content (AvgIpc) is 2.74. The summed E-state index contributed by atoms with van der Waals surface area (Å²) >= 11 is 0. The van der Waals surface area contributed by atoms with Crippen LogP contribution in [0.1, 0.15) is 23.2 Å². The summed E-state index contributed by atoms with van der Waals surface area (Å²) in [4.78, 5) is 13.8. The monoisotopic (exact) mass is 229 g/mol. The van der Waals surface area contributed by atoms with Gasteiger partial charge in [0, 0.05) is 35.0 Å². The number of carbonyl (C=O) groups is 1. The maximum atomic E-state index is 10.4. The first-order valence-corrected chi connectivity index (χ1v) is 6.02. The summed E-state index contributed by atoms with van der Waals surface area (Å²) in [5, 5.41) is 1.25. The minimum Gasteiger partial charge on any atom is -0.376 e. The maximum absolute atomic E-state index is 10.4. The van der Waals surface area contributed by atoms with E-state index in [2.05, 4.69) is 23.2 Å². The second-order valence-electron chi connectivity index (χ2n) is 4.47. The average molecular weight is 229 g/mol. The van der Waals surface area contributed by atoms with Gasteiger partial charge in [0.25, 0.3) is 0 Å². The van der Waals surface area contributed by atoms with Crippen LogP contribution in [-0.2, 0) is 29.0 Å². The van der Waals surface area contributed by atoms with Gasteiger partial charge in [-0.15, -0.1) is 0 Å². The third-order valence-corrected chi connectivity index (χ3v) is 3.35. The molecule has 0 fully saturated rings. The summed E-state index contributed by atoms with van der Waals surface area (Å²) < 4.78 is 5.51. The Balaban J connectivity index is 2.04. The van der Waals surface area contributed by atoms with Crippen LogP contribution in [0.4, 0.5) is 0 Å². The van der Waals surface area contributed by atoms with Crippen molar-refractivity contribution >= 4 is 17.2 Å². The molecule has 17 heavy (non-hydrogen) atoms. The van der Waals surface area contributed by atoms with Crippen molar-refractivity contribution in [3.8, 4) is 0 Å². The number of aromatic nitrogens is 1. The van der Waals surface area contributed by atoms with Crippen molar-refractivity contribution < 1.29 is 9.53 Å². The molecule has 0 radical (unpaired) electrons. The van der Waals surface area contributed by atoms with Crippen molar-refractivity contribution in [2.24, 2.45) is 0 Å². The van der Waals surface area contributed by atoms with E-state index in [4.69, 9.17) is 4.74 Å². The van der Waals surface area contributed by atoms with Crippen molar-refractivity contribution in [3.63, 3.8) is 0 Å². The number of aldehydes is 1. The zero-order valence-electron chi connectivity index (χ0n) is 9.66. The number of benzene rings is 1. The van der Waals surface area contributed by atoms with Gasteiger partial charge in [0.15, 0.2) is 0 Å². The van der Waals surface area contributed by atoms with E-state index in [1.807, 2.05) is 0 Å². The van der Waals surface area contributed by atoms with Gasteiger partial charge in [-0.2, -0.15) is 0 Å². The molecule has 3 nitrogen and oxygen atoms in total. The van der Waals surface area contributed by atoms with Crippen molar-refractivity contribution in [1.82, 2.24) is 4.98 Å². The number of H-pyrrole nitrogens is 1. The van der Waals surface area contributed by atoms with Gasteiger partial charge in [-0.3, -0.25) is 0 Å². The van der Waals surface area contributed by atoms with E-state index >= 15 is 0 Å². The van der Waals surface area contributed by atoms with E-state index in [1.165, 1.54) is 27.7 Å². The van der Waals surface area contributed by atoms with Gasteiger partial charge < -0.3 is 14.5 Å². The lowest BCUT2D eigenvalue weighted by atomic mass is 10.0. The summed E-state index contributed by atoms with van der Waals surface area (Å²) in [6, 6.07) is 6.38. The Kier molecular flexibility index (Phi) is 2.69. The lowest BCUT2D eigenvalue weighted by Gasteiger charge is -2.11. The number of hydrogen-bond acceptors (Lipinski definition) is 2. The number of aryl methyl sites for hydroxylation is 1. The summed E-state index contributed by atoms with van der Waals surface area (Å²) in [5.41, 5.74) is 4.99. The molecule has 3 heteroatoms. The molecule has 1 N–H and O–H groups in total. The highest BCUT2D eigenvalue weighted by Crippen LogP contribution is 2.27. The van der Waals surface area contributed by atoms with Gasteiger partial charge in [-0.05, 0) is 24.1 Å². The fourth-order valence-corrected chi connectivity index (χ4v) is 2.46. The molecular formula is C14H15NO2. The van der Waals surface area contributed by atoms with Gasteiger partial charge in [0.05, 0.1) is 13.2 Å². The number of carbonyl (C=O) groups excluding carboxylic acids is 1. The van der Waals surface area contributed by atoms with Gasteiger partial charge in [0.1, 0.15) is 6.29 Å². The number of nitrogens with one attached hydrogen (secondary N) is 1. The first-order chi connectivity index (χ1) is 8.38. The van der Waals surface area contributed by atoms with Crippen molar-refractivity contribution in [1.29, 1.82) is 0 Å². The van der Waals surface area contributed by atoms with E-state index in [0.717, 1.165) is 25.7 Å². The summed E-state index contributed by atoms with van der Waals surface area (Å²) in [7, 11) is 0. The van der Waals surface area contributed by atoms with Crippen LogP contribution in [0.15, 0.2) is 18.2 Å². The maximum Gasteiger partial charge on any atom is 0.120 e. The molecule has 3 rings (SSSR count). The van der Waals surface area contributed by atoms with Crippen LogP contribution >= 0.6 is 0 Å². The fraction of sp³-hybridized carbons (Fsp3) is 0.357. The summed E-state index contributed by atoms with van der Waals surface area (Å²) in [5.74, 6) is 0. The van der Waals surface area contributed by atoms with Crippen LogP contribution in [0, 0.1) is 0 Å². The SMILES string of the molecule is O=CCCc1ccc2[nH]c3c(c2c1)COCC3. The van der Waals surface area contributed by atoms with E-state index in [-0.39, 0.29) is 0 Å². The van der Waals surface area contributed by atoms with Gasteiger partial charge >= 0.3 is 0 Å². The van der Waals surface area contributed by atoms with Crippen LogP contribution in [0.25, 0.3) is 10.9 Å². The van der Waals surface area contributed by atoms with Crippen molar-refractivity contribution in [2.75, 3.05) is 6.61 Å². The molecule has 88 valence electrons. The van der Waals surface area contributed by atoms with E-state index in [1.54, 1.807) is 0 Å². The Morgan fingerprint density at radius 2 is 2.35 bits per heavy atom. The molecular weight excluding hydrogens is 214 g/mol. The molecule has 2 aromatic rings. The minimum atomic E-state index is 0.592. The zero-order valence-corrected chi connectivity index (χ0v) is 9.66. The number of ether oxygens (including phenoxy) is 1. The topological polar surface area (TPSA) is 42.1 Å². The third kappa shape index (κ3) is 1.87. The molecule has 0 bridgehead atoms. The normalized spacial score (nSPS) is 14.8. The minimum absolute atomic E-state index is 0.592. The van der Waals surface area contributed by atoms with E-state index in [9.17, 15) is 4.79 Å². The Hall–Kier alpha value is -1.61. The Morgan fingerprint density at radius 1 is 1.41 bits per heavy atom. The molecule has 1 aromatic carbocycles. The molecule has 0 saturated heterocycles. The molecule has 1 aromatic heterocycles. The zero-order chi connectivity index (χ0) is 11.7. The van der Waals surface area contributed by atoms with Crippen LogP contribution in [0.5, 0.6) is 0 Å². The Bertz CT molecular complexity index is 557. The smallest absolute Gasteiger partial charge is 0.120 e. The Morgan fingerprint density at radius 3 is 3.24 bits per heavy atom. The molecule has 1 aliphatic heterocycles. The molecule has 0 amide bonds. The van der Waals surface area contributed by atoms with Crippen molar-refractivity contribution in [2.45, 2.75) is 25.9 Å². The second kappa shape index (κ2) is 4.34. The predicted octanol–water partition coefficient (Wildman–Crippen LogP) is 2.37. The van der Waals surface area contributed by atoms with Crippen LogP contribution in [-0.4, -0.2) is 17.9 Å². The molecule has 0 saturated carbocycles. The highest BCUT2D eigenvalue weighted by molar-refractivity contribution is 5.85.